The average molecular weight is 833 g/mol. The van der Waals surface area contributed by atoms with Gasteiger partial charge in [-0.2, -0.15) is 0 Å². The molecule has 1 aliphatic heterocycles. The number of aromatic hydroxyl groups is 1. The maximum atomic E-state index is 14.0. The Labute approximate surface area is 353 Å². The second-order valence-electron chi connectivity index (χ2n) is 14.0. The number of rotatable bonds is 12. The lowest BCUT2D eigenvalue weighted by atomic mass is 9.97. The van der Waals surface area contributed by atoms with Crippen molar-refractivity contribution >= 4 is 34.8 Å². The molecule has 6 aromatic carbocycles. The number of carbonyl (C=O) groups is 4. The minimum absolute atomic E-state index is 0.0283. The standard InChI is InChI=1S/C49H36O13/c50-35-23-21-30(22-24-35)39-28-38(51)37-26-25-36(27-40(37)58-39)57-49-44(62-48(55)34-19-11-4-12-20-34)43(61-47(54)33-17-9-3-10-18-33)42(60-46(53)32-15-7-2-8-16-32)41(59-49)29-56-45(52)31-13-5-1-6-14-31/h1-28,41-44,49-50H,29H2/t41-,42-,43+,44-,49-/m1/s1. The summed E-state index contributed by atoms with van der Waals surface area (Å²) in [4.78, 5) is 68.2. The summed E-state index contributed by atoms with van der Waals surface area (Å²) >= 11 is 0. The summed E-state index contributed by atoms with van der Waals surface area (Å²) in [5, 5.41) is 10.0. The van der Waals surface area contributed by atoms with Gasteiger partial charge in [-0.1, -0.05) is 72.8 Å². The van der Waals surface area contributed by atoms with Gasteiger partial charge in [0.1, 0.15) is 35.6 Å². The Bertz CT molecular complexity index is 2740. The van der Waals surface area contributed by atoms with E-state index in [1.54, 1.807) is 97.1 Å². The average Bonchev–Trinajstić information content (AvgIpc) is 3.31. The molecular weight excluding hydrogens is 797 g/mol. The highest BCUT2D eigenvalue weighted by molar-refractivity contribution is 5.92. The number of benzene rings is 6. The maximum Gasteiger partial charge on any atom is 0.338 e. The molecule has 1 saturated heterocycles. The van der Waals surface area contributed by atoms with Crippen LogP contribution in [0.15, 0.2) is 179 Å². The van der Waals surface area contributed by atoms with Crippen molar-refractivity contribution in [2.45, 2.75) is 30.7 Å². The summed E-state index contributed by atoms with van der Waals surface area (Å²) in [6.45, 7) is -0.554. The van der Waals surface area contributed by atoms with E-state index < -0.39 is 61.2 Å². The van der Waals surface area contributed by atoms with Crippen molar-refractivity contribution in [3.05, 3.63) is 202 Å². The summed E-state index contributed by atoms with van der Waals surface area (Å²) in [6, 6.07) is 43.9. The number of esters is 4. The summed E-state index contributed by atoms with van der Waals surface area (Å²) in [6.07, 6.45) is -7.93. The van der Waals surface area contributed by atoms with E-state index >= 15 is 0 Å². The molecule has 13 heteroatoms. The highest BCUT2D eigenvalue weighted by Crippen LogP contribution is 2.34. The number of hydrogen-bond donors (Lipinski definition) is 1. The molecule has 0 unspecified atom stereocenters. The van der Waals surface area contributed by atoms with Crippen LogP contribution in [0.2, 0.25) is 0 Å². The van der Waals surface area contributed by atoms with Crippen molar-refractivity contribution < 1.29 is 57.1 Å². The molecular formula is C49H36O13. The molecule has 0 aliphatic carbocycles. The minimum Gasteiger partial charge on any atom is -0.508 e. The molecule has 13 nitrogen and oxygen atoms in total. The molecule has 1 N–H and O–H groups in total. The Hall–Kier alpha value is -8.03. The molecule has 1 aliphatic rings. The van der Waals surface area contributed by atoms with Gasteiger partial charge in [-0.25, -0.2) is 19.2 Å². The second kappa shape index (κ2) is 18.5. The van der Waals surface area contributed by atoms with E-state index in [0.717, 1.165) is 0 Å². The first-order chi connectivity index (χ1) is 30.2. The van der Waals surface area contributed by atoms with Crippen LogP contribution in [0.3, 0.4) is 0 Å². The van der Waals surface area contributed by atoms with Crippen molar-refractivity contribution in [3.8, 4) is 22.8 Å². The van der Waals surface area contributed by atoms with Gasteiger partial charge in [-0.05, 0) is 84.9 Å². The first-order valence-electron chi connectivity index (χ1n) is 19.4. The van der Waals surface area contributed by atoms with Gasteiger partial charge in [0.15, 0.2) is 17.6 Å². The summed E-state index contributed by atoms with van der Waals surface area (Å²) < 4.78 is 43.1. The smallest absolute Gasteiger partial charge is 0.338 e. The molecule has 0 saturated carbocycles. The molecule has 62 heavy (non-hydrogen) atoms. The second-order valence-corrected chi connectivity index (χ2v) is 14.0. The fourth-order valence-corrected chi connectivity index (χ4v) is 6.73. The van der Waals surface area contributed by atoms with Crippen molar-refractivity contribution in [1.82, 2.24) is 0 Å². The number of fused-ring (bicyclic) bond motifs is 1. The first kappa shape index (κ1) is 40.7. The molecule has 0 radical (unpaired) electrons. The van der Waals surface area contributed by atoms with Crippen molar-refractivity contribution in [3.63, 3.8) is 0 Å². The van der Waals surface area contributed by atoms with Crippen LogP contribution in [0.1, 0.15) is 41.4 Å². The van der Waals surface area contributed by atoms with Crippen LogP contribution in [-0.4, -0.2) is 66.3 Å². The molecule has 2 heterocycles. The zero-order valence-electron chi connectivity index (χ0n) is 32.6. The zero-order chi connectivity index (χ0) is 43.0. The van der Waals surface area contributed by atoms with Gasteiger partial charge < -0.3 is 37.9 Å². The van der Waals surface area contributed by atoms with Gasteiger partial charge in [-0.3, -0.25) is 4.79 Å². The quantitative estimate of drug-likeness (QED) is 0.0934. The third-order valence-corrected chi connectivity index (χ3v) is 9.84. The molecule has 310 valence electrons. The minimum atomic E-state index is -1.66. The lowest BCUT2D eigenvalue weighted by Crippen LogP contribution is -2.63. The predicted octanol–water partition coefficient (Wildman–Crippen LogP) is 7.80. The third-order valence-electron chi connectivity index (χ3n) is 9.84. The lowest BCUT2D eigenvalue weighted by Gasteiger charge is -2.44. The molecule has 5 atom stereocenters. The van der Waals surface area contributed by atoms with Gasteiger partial charge in [0.05, 0.1) is 27.6 Å². The largest absolute Gasteiger partial charge is 0.508 e. The highest BCUT2D eigenvalue weighted by atomic mass is 16.7. The summed E-state index contributed by atoms with van der Waals surface area (Å²) in [5.41, 5.74) is 0.886. The van der Waals surface area contributed by atoms with E-state index in [9.17, 15) is 29.1 Å². The highest BCUT2D eigenvalue weighted by Gasteiger charge is 2.54. The SMILES string of the molecule is O=C(OC[C@H]1O[C@@H](Oc2ccc3c(=O)cc(-c4ccc(O)cc4)oc3c2)[C@H](OC(=O)c2ccccc2)[C@@H](OC(=O)c2ccccc2)[C@@H]1OC(=O)c1ccccc1)c1ccccc1. The van der Waals surface area contributed by atoms with Gasteiger partial charge in [-0.15, -0.1) is 0 Å². The molecule has 7 aromatic rings. The Balaban J connectivity index is 1.22. The molecule has 1 aromatic heterocycles. The maximum absolute atomic E-state index is 14.0. The number of phenolic OH excluding ortho intramolecular Hbond substituents is 1. The summed E-state index contributed by atoms with van der Waals surface area (Å²) in [7, 11) is 0. The van der Waals surface area contributed by atoms with Crippen LogP contribution in [0.4, 0.5) is 0 Å². The van der Waals surface area contributed by atoms with Gasteiger partial charge in [0, 0.05) is 17.7 Å². The topological polar surface area (TPSA) is 174 Å². The normalized spacial score (nSPS) is 18.2. The monoisotopic (exact) mass is 832 g/mol. The zero-order valence-corrected chi connectivity index (χ0v) is 32.6. The fraction of sp³-hybridized carbons (Fsp3) is 0.122. The van der Waals surface area contributed by atoms with Crippen molar-refractivity contribution in [2.75, 3.05) is 6.61 Å². The molecule has 0 amide bonds. The fourth-order valence-electron chi connectivity index (χ4n) is 6.73. The molecule has 0 bridgehead atoms. The number of phenols is 1. The van der Waals surface area contributed by atoms with Crippen LogP contribution < -0.4 is 10.2 Å². The van der Waals surface area contributed by atoms with Crippen LogP contribution in [0.25, 0.3) is 22.3 Å². The van der Waals surface area contributed by atoms with Crippen molar-refractivity contribution in [2.24, 2.45) is 0 Å². The van der Waals surface area contributed by atoms with Gasteiger partial charge in [0.2, 0.25) is 12.4 Å². The van der Waals surface area contributed by atoms with E-state index in [2.05, 4.69) is 0 Å². The third kappa shape index (κ3) is 9.38. The van der Waals surface area contributed by atoms with Gasteiger partial charge in [0.25, 0.3) is 0 Å². The Morgan fingerprint density at radius 1 is 0.532 bits per heavy atom. The van der Waals surface area contributed by atoms with E-state index in [0.29, 0.717) is 5.56 Å². The Morgan fingerprint density at radius 2 is 1.02 bits per heavy atom. The number of ether oxygens (including phenoxy) is 6. The van der Waals surface area contributed by atoms with Crippen LogP contribution >= 0.6 is 0 Å². The van der Waals surface area contributed by atoms with E-state index in [1.165, 1.54) is 72.8 Å². The van der Waals surface area contributed by atoms with Crippen LogP contribution in [0, 0.1) is 0 Å². The molecule has 0 spiro atoms. The number of carbonyl (C=O) groups excluding carboxylic acids is 4. The van der Waals surface area contributed by atoms with Crippen molar-refractivity contribution in [1.29, 1.82) is 0 Å². The van der Waals surface area contributed by atoms with E-state index in [-0.39, 0.29) is 55.9 Å². The van der Waals surface area contributed by atoms with E-state index in [1.807, 2.05) is 0 Å². The van der Waals surface area contributed by atoms with Crippen LogP contribution in [0.5, 0.6) is 11.5 Å². The molecule has 1 fully saturated rings. The Kier molecular flexibility index (Phi) is 12.1. The predicted molar refractivity (Wildman–Crippen MR) is 223 cm³/mol. The number of hydrogen-bond acceptors (Lipinski definition) is 13. The molecule has 8 rings (SSSR count). The lowest BCUT2D eigenvalue weighted by molar-refractivity contribution is -0.275. The first-order valence-corrected chi connectivity index (χ1v) is 19.4. The summed E-state index contributed by atoms with van der Waals surface area (Å²) in [5.74, 6) is -3.02. The van der Waals surface area contributed by atoms with E-state index in [4.69, 9.17) is 32.8 Å². The van der Waals surface area contributed by atoms with Gasteiger partial charge >= 0.3 is 23.9 Å². The van der Waals surface area contributed by atoms with Crippen LogP contribution in [-0.2, 0) is 23.7 Å². The Morgan fingerprint density at radius 3 is 1.55 bits per heavy atom.